The summed E-state index contributed by atoms with van der Waals surface area (Å²) in [5, 5.41) is 12.0. The lowest BCUT2D eigenvalue weighted by Gasteiger charge is -2.30. The predicted molar refractivity (Wildman–Crippen MR) is 158 cm³/mol. The number of hydrogen-bond acceptors (Lipinski definition) is 7. The number of rotatable bonds is 7. The van der Waals surface area contributed by atoms with Gasteiger partial charge in [-0.15, -0.1) is 0 Å². The summed E-state index contributed by atoms with van der Waals surface area (Å²) in [6, 6.07) is 9.60. The van der Waals surface area contributed by atoms with Crippen molar-refractivity contribution in [2.45, 2.75) is 73.0 Å². The van der Waals surface area contributed by atoms with Gasteiger partial charge in [0.1, 0.15) is 16.9 Å². The molecule has 0 aliphatic carbocycles. The Morgan fingerprint density at radius 1 is 1.00 bits per heavy atom. The van der Waals surface area contributed by atoms with Crippen LogP contribution in [0.4, 0.5) is 15.3 Å². The molecular weight excluding hydrogens is 524 g/mol. The van der Waals surface area contributed by atoms with E-state index in [1.54, 1.807) is 59.1 Å². The summed E-state index contributed by atoms with van der Waals surface area (Å²) in [4.78, 5) is 46.5. The lowest BCUT2D eigenvalue weighted by molar-refractivity contribution is 0.0430. The maximum absolute atomic E-state index is 13.7. The number of aromatic nitrogens is 2. The topological polar surface area (TPSA) is 122 Å². The molecule has 3 amide bonds. The average molecular weight is 565 g/mol. The molecule has 10 nitrogen and oxygen atoms in total. The fourth-order valence-corrected chi connectivity index (χ4v) is 4.07. The second-order valence-corrected chi connectivity index (χ2v) is 11.6. The number of ether oxygens (including phenoxy) is 2. The number of imidazole rings is 1. The van der Waals surface area contributed by atoms with E-state index < -0.39 is 29.3 Å². The van der Waals surface area contributed by atoms with Crippen molar-refractivity contribution in [2.24, 2.45) is 0 Å². The molecule has 220 valence electrons. The molecule has 0 saturated heterocycles. The van der Waals surface area contributed by atoms with Crippen LogP contribution < -0.4 is 10.2 Å². The number of nitrogens with zero attached hydrogens (tertiary/aromatic N) is 3. The van der Waals surface area contributed by atoms with Gasteiger partial charge < -0.3 is 24.3 Å². The molecule has 41 heavy (non-hydrogen) atoms. The molecule has 2 heterocycles. The fourth-order valence-electron chi connectivity index (χ4n) is 4.07. The number of aliphatic hydroxyl groups excluding tert-OH is 1. The number of hydrogen-bond donors (Lipinski definition) is 2. The highest BCUT2D eigenvalue weighted by Crippen LogP contribution is 2.34. The Kier molecular flexibility index (Phi) is 9.60. The highest BCUT2D eigenvalue weighted by atomic mass is 16.6. The SMILES string of the molecule is Cc1nc2c(N(C(=O)OC(C)(C)C)C(=O)OC(C)(C)C)c(C/C=C/c3ccccc3)c(C(=O)NCCO)cn2c1C. The first-order valence-electron chi connectivity index (χ1n) is 13.5. The number of aryl methyl sites for hydroxylation is 2. The molecule has 0 unspecified atom stereocenters. The van der Waals surface area contributed by atoms with Gasteiger partial charge in [-0.05, 0) is 72.9 Å². The van der Waals surface area contributed by atoms with Crippen molar-refractivity contribution in [3.05, 3.63) is 70.7 Å². The third-order valence-electron chi connectivity index (χ3n) is 5.92. The van der Waals surface area contributed by atoms with Crippen molar-refractivity contribution in [2.75, 3.05) is 18.1 Å². The van der Waals surface area contributed by atoms with E-state index in [1.807, 2.05) is 49.4 Å². The Bertz CT molecular complexity index is 1420. The second kappa shape index (κ2) is 12.6. The van der Waals surface area contributed by atoms with Gasteiger partial charge in [0.2, 0.25) is 0 Å². The first-order chi connectivity index (χ1) is 19.1. The Labute approximate surface area is 241 Å². The smallest absolute Gasteiger partial charge is 0.424 e. The third kappa shape index (κ3) is 7.94. The van der Waals surface area contributed by atoms with Crippen LogP contribution in [0, 0.1) is 13.8 Å². The lowest BCUT2D eigenvalue weighted by atomic mass is 10.0. The van der Waals surface area contributed by atoms with Crippen LogP contribution in [0.25, 0.3) is 11.7 Å². The van der Waals surface area contributed by atoms with E-state index >= 15 is 0 Å². The highest BCUT2D eigenvalue weighted by molar-refractivity contribution is 6.14. The van der Waals surface area contributed by atoms with Crippen molar-refractivity contribution in [3.63, 3.8) is 0 Å². The third-order valence-corrected chi connectivity index (χ3v) is 5.92. The van der Waals surface area contributed by atoms with Gasteiger partial charge in [-0.3, -0.25) is 4.79 Å². The molecule has 0 fully saturated rings. The standard InChI is InChI=1S/C31H40N4O6/c1-20-21(2)34-19-24(27(37)32-17-18-36)23(16-12-15-22-13-10-9-11-14-22)25(26(34)33-20)35(28(38)40-30(3,4)5)29(39)41-31(6,7)8/h9-15,19,36H,16-18H2,1-8H3,(H,32,37)/b15-12+. The van der Waals surface area contributed by atoms with Crippen molar-refractivity contribution in [1.82, 2.24) is 14.7 Å². The summed E-state index contributed by atoms with van der Waals surface area (Å²) in [5.41, 5.74) is 1.38. The Hall–Kier alpha value is -4.18. The summed E-state index contributed by atoms with van der Waals surface area (Å²) < 4.78 is 13.0. The summed E-state index contributed by atoms with van der Waals surface area (Å²) in [5.74, 6) is -0.482. The first-order valence-corrected chi connectivity index (χ1v) is 13.5. The molecule has 0 bridgehead atoms. The molecule has 0 atom stereocenters. The zero-order valence-corrected chi connectivity index (χ0v) is 25.1. The van der Waals surface area contributed by atoms with Gasteiger partial charge in [-0.25, -0.2) is 14.6 Å². The number of anilines is 1. The Morgan fingerprint density at radius 2 is 1.59 bits per heavy atom. The number of fused-ring (bicyclic) bond motifs is 1. The molecule has 2 aromatic heterocycles. The van der Waals surface area contributed by atoms with E-state index in [-0.39, 0.29) is 30.8 Å². The monoisotopic (exact) mass is 564 g/mol. The average Bonchev–Trinajstić information content (AvgIpc) is 3.14. The first kappa shape index (κ1) is 31.3. The second-order valence-electron chi connectivity index (χ2n) is 11.6. The van der Waals surface area contributed by atoms with Gasteiger partial charge in [-0.1, -0.05) is 42.5 Å². The number of carbonyl (C=O) groups is 3. The van der Waals surface area contributed by atoms with Crippen molar-refractivity contribution < 1.29 is 29.0 Å². The van der Waals surface area contributed by atoms with Crippen LogP contribution in [-0.2, 0) is 15.9 Å². The molecule has 1 aromatic carbocycles. The number of pyridine rings is 1. The number of imide groups is 1. The number of nitrogens with one attached hydrogen (secondary N) is 1. The van der Waals surface area contributed by atoms with E-state index in [4.69, 9.17) is 14.5 Å². The number of amides is 3. The summed E-state index contributed by atoms with van der Waals surface area (Å²) in [7, 11) is 0. The van der Waals surface area contributed by atoms with Crippen LogP contribution >= 0.6 is 0 Å². The van der Waals surface area contributed by atoms with Crippen molar-refractivity contribution in [1.29, 1.82) is 0 Å². The van der Waals surface area contributed by atoms with E-state index in [0.29, 0.717) is 16.9 Å². The van der Waals surface area contributed by atoms with Crippen LogP contribution in [0.2, 0.25) is 0 Å². The summed E-state index contributed by atoms with van der Waals surface area (Å²) >= 11 is 0. The highest BCUT2D eigenvalue weighted by Gasteiger charge is 2.37. The van der Waals surface area contributed by atoms with Gasteiger partial charge in [0.05, 0.1) is 17.9 Å². The maximum atomic E-state index is 13.7. The molecule has 0 saturated carbocycles. The predicted octanol–water partition coefficient (Wildman–Crippen LogP) is 5.61. The molecule has 3 rings (SSSR count). The van der Waals surface area contributed by atoms with Crippen LogP contribution in [0.5, 0.6) is 0 Å². The normalized spacial score (nSPS) is 12.0. The zero-order chi connectivity index (χ0) is 30.5. The largest absolute Gasteiger partial charge is 0.443 e. The molecule has 2 N–H and O–H groups in total. The number of aliphatic hydroxyl groups is 1. The summed E-state index contributed by atoms with van der Waals surface area (Å²) in [6.07, 6.45) is 3.60. The van der Waals surface area contributed by atoms with Crippen molar-refractivity contribution in [3.8, 4) is 0 Å². The van der Waals surface area contributed by atoms with E-state index in [1.165, 1.54) is 0 Å². The van der Waals surface area contributed by atoms with E-state index in [2.05, 4.69) is 5.32 Å². The minimum Gasteiger partial charge on any atom is -0.443 e. The molecule has 0 aliphatic heterocycles. The van der Waals surface area contributed by atoms with Crippen molar-refractivity contribution >= 4 is 35.5 Å². The number of benzene rings is 1. The van der Waals surface area contributed by atoms with E-state index in [0.717, 1.165) is 16.2 Å². The van der Waals surface area contributed by atoms with Gasteiger partial charge in [0, 0.05) is 18.4 Å². The zero-order valence-electron chi connectivity index (χ0n) is 25.1. The maximum Gasteiger partial charge on any atom is 0.424 e. The fraction of sp³-hybridized carbons (Fsp3) is 0.419. The van der Waals surface area contributed by atoms with E-state index in [9.17, 15) is 19.5 Å². The van der Waals surface area contributed by atoms with Gasteiger partial charge in [0.25, 0.3) is 5.91 Å². The molecule has 0 radical (unpaired) electrons. The minimum absolute atomic E-state index is 0.0231. The van der Waals surface area contributed by atoms with Gasteiger partial charge in [0.15, 0.2) is 5.65 Å². The van der Waals surface area contributed by atoms with Crippen LogP contribution in [0.1, 0.15) is 74.4 Å². The number of carbonyl (C=O) groups excluding carboxylic acids is 3. The Morgan fingerprint density at radius 3 is 2.12 bits per heavy atom. The molecular formula is C31H40N4O6. The molecule has 0 spiro atoms. The van der Waals surface area contributed by atoms with Gasteiger partial charge >= 0.3 is 12.2 Å². The Balaban J connectivity index is 2.37. The van der Waals surface area contributed by atoms with Crippen LogP contribution in [-0.4, -0.2) is 56.9 Å². The minimum atomic E-state index is -0.965. The molecule has 0 aliphatic rings. The molecule has 3 aromatic rings. The quantitative estimate of drug-likeness (QED) is 0.383. The van der Waals surface area contributed by atoms with Gasteiger partial charge in [-0.2, -0.15) is 4.90 Å². The van der Waals surface area contributed by atoms with Crippen LogP contribution in [0.15, 0.2) is 42.6 Å². The molecule has 10 heteroatoms. The summed E-state index contributed by atoms with van der Waals surface area (Å²) in [6.45, 7) is 13.6. The number of allylic oxidation sites excluding steroid dienone is 1. The lowest BCUT2D eigenvalue weighted by Crippen LogP contribution is -2.44. The van der Waals surface area contributed by atoms with Crippen LogP contribution in [0.3, 0.4) is 0 Å².